The van der Waals surface area contributed by atoms with Crippen LogP contribution in [0.4, 0.5) is 0 Å². The second-order valence-corrected chi connectivity index (χ2v) is 7.94. The van der Waals surface area contributed by atoms with Crippen molar-refractivity contribution >= 4 is 16.9 Å². The molecule has 0 saturated carbocycles. The van der Waals surface area contributed by atoms with Crippen molar-refractivity contribution in [1.29, 1.82) is 0 Å². The highest BCUT2D eigenvalue weighted by Crippen LogP contribution is 2.23. The highest BCUT2D eigenvalue weighted by atomic mass is 16.5. The van der Waals surface area contributed by atoms with Crippen LogP contribution in [0.1, 0.15) is 21.5 Å². The third-order valence-corrected chi connectivity index (χ3v) is 5.58. The predicted octanol–water partition coefficient (Wildman–Crippen LogP) is 4.97. The highest BCUT2D eigenvalue weighted by molar-refractivity contribution is 5.97. The SMILES string of the molecule is O=C(NCc1cccnc1)c1ccc2c(c1)ncn2-c1cccc(OCCc2ccccc2)c1. The van der Waals surface area contributed by atoms with Crippen LogP contribution in [0.15, 0.2) is 104 Å². The molecule has 0 aliphatic carbocycles. The molecule has 2 heterocycles. The first-order chi connectivity index (χ1) is 16.8. The molecule has 0 unspecified atom stereocenters. The first kappa shape index (κ1) is 21.4. The van der Waals surface area contributed by atoms with Crippen molar-refractivity contribution in [3.63, 3.8) is 0 Å². The summed E-state index contributed by atoms with van der Waals surface area (Å²) in [7, 11) is 0. The molecule has 2 aromatic heterocycles. The van der Waals surface area contributed by atoms with Crippen molar-refractivity contribution < 1.29 is 9.53 Å². The van der Waals surface area contributed by atoms with Gasteiger partial charge in [-0.15, -0.1) is 0 Å². The minimum atomic E-state index is -0.144. The van der Waals surface area contributed by atoms with Gasteiger partial charge in [-0.25, -0.2) is 4.98 Å². The lowest BCUT2D eigenvalue weighted by Gasteiger charge is -2.10. The Morgan fingerprint density at radius 1 is 0.912 bits per heavy atom. The molecule has 5 aromatic rings. The third kappa shape index (κ3) is 4.96. The minimum absolute atomic E-state index is 0.144. The van der Waals surface area contributed by atoms with Crippen LogP contribution >= 0.6 is 0 Å². The second-order valence-electron chi connectivity index (χ2n) is 7.94. The van der Waals surface area contributed by atoms with Crippen LogP contribution in [0.2, 0.25) is 0 Å². The molecule has 168 valence electrons. The molecule has 0 bridgehead atoms. The lowest BCUT2D eigenvalue weighted by atomic mass is 10.1. The van der Waals surface area contributed by atoms with Gasteiger partial charge in [0.2, 0.25) is 0 Å². The van der Waals surface area contributed by atoms with Gasteiger partial charge in [-0.05, 0) is 47.5 Å². The van der Waals surface area contributed by atoms with E-state index in [9.17, 15) is 4.79 Å². The van der Waals surface area contributed by atoms with E-state index in [0.29, 0.717) is 18.7 Å². The number of rotatable bonds is 8. The molecule has 3 aromatic carbocycles. The van der Waals surface area contributed by atoms with Gasteiger partial charge in [0, 0.05) is 37.0 Å². The Bertz CT molecular complexity index is 1400. The molecular weight excluding hydrogens is 424 g/mol. The first-order valence-corrected chi connectivity index (χ1v) is 11.2. The summed E-state index contributed by atoms with van der Waals surface area (Å²) in [5.74, 6) is 0.663. The van der Waals surface area contributed by atoms with Crippen LogP contribution in [0.5, 0.6) is 5.75 Å². The fourth-order valence-corrected chi connectivity index (χ4v) is 3.80. The summed E-state index contributed by atoms with van der Waals surface area (Å²) in [4.78, 5) is 21.2. The molecular formula is C28H24N4O2. The van der Waals surface area contributed by atoms with E-state index in [1.54, 1.807) is 18.7 Å². The molecule has 0 fully saturated rings. The summed E-state index contributed by atoms with van der Waals surface area (Å²) < 4.78 is 7.98. The maximum Gasteiger partial charge on any atom is 0.251 e. The van der Waals surface area contributed by atoms with E-state index in [2.05, 4.69) is 27.4 Å². The quantitative estimate of drug-likeness (QED) is 0.364. The maximum absolute atomic E-state index is 12.6. The standard InChI is InChI=1S/C28H24N4O2/c33-28(30-19-22-8-5-14-29-18-22)23-11-12-27-26(16-23)31-20-32(27)24-9-4-10-25(17-24)34-15-13-21-6-2-1-3-7-21/h1-12,14,16-18,20H,13,15,19H2,(H,30,33). The van der Waals surface area contributed by atoms with E-state index in [-0.39, 0.29) is 5.91 Å². The van der Waals surface area contributed by atoms with E-state index >= 15 is 0 Å². The van der Waals surface area contributed by atoms with Crippen molar-refractivity contribution in [2.24, 2.45) is 0 Å². The number of amides is 1. The number of ether oxygens (including phenoxy) is 1. The second kappa shape index (κ2) is 10.0. The monoisotopic (exact) mass is 448 g/mol. The van der Waals surface area contributed by atoms with E-state index in [4.69, 9.17) is 4.74 Å². The molecule has 0 saturated heterocycles. The summed E-state index contributed by atoms with van der Waals surface area (Å²) in [6, 6.07) is 27.6. The number of benzene rings is 3. The van der Waals surface area contributed by atoms with Gasteiger partial charge in [-0.1, -0.05) is 42.5 Å². The van der Waals surface area contributed by atoms with Crippen molar-refractivity contribution in [2.45, 2.75) is 13.0 Å². The predicted molar refractivity (Wildman–Crippen MR) is 132 cm³/mol. The summed E-state index contributed by atoms with van der Waals surface area (Å²) in [6.07, 6.45) is 6.07. The van der Waals surface area contributed by atoms with Crippen LogP contribution in [0.3, 0.4) is 0 Å². The first-order valence-electron chi connectivity index (χ1n) is 11.2. The normalized spacial score (nSPS) is 10.8. The molecule has 0 radical (unpaired) electrons. The van der Waals surface area contributed by atoms with Gasteiger partial charge in [0.25, 0.3) is 5.91 Å². The van der Waals surface area contributed by atoms with Crippen molar-refractivity contribution in [3.8, 4) is 11.4 Å². The number of fused-ring (bicyclic) bond motifs is 1. The van der Waals surface area contributed by atoms with Gasteiger partial charge in [0.1, 0.15) is 12.1 Å². The number of hydrogen-bond acceptors (Lipinski definition) is 4. The lowest BCUT2D eigenvalue weighted by Crippen LogP contribution is -2.22. The number of carbonyl (C=O) groups is 1. The average Bonchev–Trinajstić information content (AvgIpc) is 3.32. The fraction of sp³-hybridized carbons (Fsp3) is 0.107. The Kier molecular flexibility index (Phi) is 6.29. The van der Waals surface area contributed by atoms with Crippen molar-refractivity contribution in [1.82, 2.24) is 19.9 Å². The summed E-state index contributed by atoms with van der Waals surface area (Å²) in [5.41, 5.74) is 5.40. The summed E-state index contributed by atoms with van der Waals surface area (Å²) >= 11 is 0. The van der Waals surface area contributed by atoms with Crippen LogP contribution in [0.25, 0.3) is 16.7 Å². The van der Waals surface area contributed by atoms with Gasteiger partial charge in [-0.2, -0.15) is 0 Å². The maximum atomic E-state index is 12.6. The number of nitrogens with zero attached hydrogens (tertiary/aromatic N) is 3. The summed E-state index contributed by atoms with van der Waals surface area (Å²) in [6.45, 7) is 1.03. The van der Waals surface area contributed by atoms with Gasteiger partial charge in [-0.3, -0.25) is 14.3 Å². The number of aromatic nitrogens is 3. The molecule has 0 spiro atoms. The lowest BCUT2D eigenvalue weighted by molar-refractivity contribution is 0.0951. The molecule has 1 amide bonds. The molecule has 6 nitrogen and oxygen atoms in total. The molecule has 1 N–H and O–H groups in total. The Morgan fingerprint density at radius 2 is 1.79 bits per heavy atom. The molecule has 0 aliphatic rings. The number of nitrogens with one attached hydrogen (secondary N) is 1. The van der Waals surface area contributed by atoms with Crippen molar-refractivity contribution in [2.75, 3.05) is 6.61 Å². The van der Waals surface area contributed by atoms with E-state index in [1.807, 2.05) is 77.4 Å². The number of hydrogen-bond donors (Lipinski definition) is 1. The summed E-state index contributed by atoms with van der Waals surface area (Å²) in [5, 5.41) is 2.93. The zero-order valence-corrected chi connectivity index (χ0v) is 18.6. The fourth-order valence-electron chi connectivity index (χ4n) is 3.80. The molecule has 0 atom stereocenters. The largest absolute Gasteiger partial charge is 0.493 e. The Labute approximate surface area is 197 Å². The van der Waals surface area contributed by atoms with Crippen LogP contribution in [-0.4, -0.2) is 27.0 Å². The minimum Gasteiger partial charge on any atom is -0.493 e. The Balaban J connectivity index is 1.28. The van der Waals surface area contributed by atoms with Gasteiger partial charge < -0.3 is 10.1 Å². The van der Waals surface area contributed by atoms with Crippen molar-refractivity contribution in [3.05, 3.63) is 120 Å². The number of pyridine rings is 1. The van der Waals surface area contributed by atoms with E-state index in [0.717, 1.165) is 34.5 Å². The van der Waals surface area contributed by atoms with E-state index in [1.165, 1.54) is 5.56 Å². The molecule has 34 heavy (non-hydrogen) atoms. The zero-order valence-electron chi connectivity index (χ0n) is 18.6. The topological polar surface area (TPSA) is 69.0 Å². The zero-order chi connectivity index (χ0) is 23.2. The smallest absolute Gasteiger partial charge is 0.251 e. The van der Waals surface area contributed by atoms with Crippen LogP contribution < -0.4 is 10.1 Å². The van der Waals surface area contributed by atoms with Gasteiger partial charge in [0.15, 0.2) is 0 Å². The number of imidazole rings is 1. The average molecular weight is 449 g/mol. The molecule has 6 heteroatoms. The highest BCUT2D eigenvalue weighted by Gasteiger charge is 2.11. The van der Waals surface area contributed by atoms with Crippen LogP contribution in [-0.2, 0) is 13.0 Å². The van der Waals surface area contributed by atoms with E-state index < -0.39 is 0 Å². The van der Waals surface area contributed by atoms with Gasteiger partial charge in [0.05, 0.1) is 23.3 Å². The third-order valence-electron chi connectivity index (χ3n) is 5.58. The van der Waals surface area contributed by atoms with Gasteiger partial charge >= 0.3 is 0 Å². The molecule has 0 aliphatic heterocycles. The Hall–Kier alpha value is -4.45. The molecule has 5 rings (SSSR count). The Morgan fingerprint density at radius 3 is 2.65 bits per heavy atom. The van der Waals surface area contributed by atoms with Crippen LogP contribution in [0, 0.1) is 0 Å². The number of carbonyl (C=O) groups excluding carboxylic acids is 1.